The summed E-state index contributed by atoms with van der Waals surface area (Å²) in [6.45, 7) is 0. The maximum Gasteiger partial charge on any atom is 0.145 e. The number of nitrogens with one attached hydrogen (secondary N) is 2. The normalized spacial score (nSPS) is 18.2. The molecule has 5 nitrogen and oxygen atoms in total. The van der Waals surface area contributed by atoms with Crippen molar-refractivity contribution in [1.29, 1.82) is 0 Å². The molecule has 1 heterocycles. The van der Waals surface area contributed by atoms with Gasteiger partial charge in [-0.3, -0.25) is 0 Å². The molecular formula is C12H21N5. The van der Waals surface area contributed by atoms with Crippen molar-refractivity contribution in [3.05, 3.63) is 12.4 Å². The Balaban J connectivity index is 1.93. The molecule has 1 aromatic rings. The van der Waals surface area contributed by atoms with Gasteiger partial charge >= 0.3 is 0 Å². The van der Waals surface area contributed by atoms with Crippen LogP contribution < -0.4 is 16.6 Å². The zero-order chi connectivity index (χ0) is 11.9. The summed E-state index contributed by atoms with van der Waals surface area (Å²) < 4.78 is 0. The molecule has 0 bridgehead atoms. The molecule has 1 aliphatic rings. The number of hydrogen-bond donors (Lipinski definition) is 3. The third-order valence-corrected chi connectivity index (χ3v) is 3.27. The second-order valence-electron chi connectivity index (χ2n) is 4.62. The van der Waals surface area contributed by atoms with Crippen LogP contribution in [0.1, 0.15) is 44.9 Å². The van der Waals surface area contributed by atoms with Gasteiger partial charge < -0.3 is 10.7 Å². The fourth-order valence-electron chi connectivity index (χ4n) is 2.32. The van der Waals surface area contributed by atoms with E-state index in [2.05, 4.69) is 20.7 Å². The molecule has 0 atom stereocenters. The van der Waals surface area contributed by atoms with Gasteiger partial charge in [-0.15, -0.1) is 0 Å². The van der Waals surface area contributed by atoms with Crippen LogP contribution in [0, 0.1) is 0 Å². The first kappa shape index (κ1) is 12.1. The van der Waals surface area contributed by atoms with E-state index in [0.717, 1.165) is 5.82 Å². The van der Waals surface area contributed by atoms with Gasteiger partial charge in [0.25, 0.3) is 0 Å². The van der Waals surface area contributed by atoms with E-state index in [-0.39, 0.29) is 0 Å². The van der Waals surface area contributed by atoms with E-state index in [4.69, 9.17) is 5.84 Å². The maximum absolute atomic E-state index is 5.33. The lowest BCUT2D eigenvalue weighted by molar-refractivity contribution is 0.470. The summed E-state index contributed by atoms with van der Waals surface area (Å²) in [5, 5.41) is 3.48. The van der Waals surface area contributed by atoms with Gasteiger partial charge in [0.2, 0.25) is 0 Å². The molecule has 17 heavy (non-hydrogen) atoms. The van der Waals surface area contributed by atoms with Crippen LogP contribution in [-0.4, -0.2) is 16.0 Å². The van der Waals surface area contributed by atoms with E-state index in [1.807, 2.05) is 6.07 Å². The zero-order valence-corrected chi connectivity index (χ0v) is 10.2. The van der Waals surface area contributed by atoms with Crippen molar-refractivity contribution in [2.75, 3.05) is 10.7 Å². The summed E-state index contributed by atoms with van der Waals surface area (Å²) in [5.74, 6) is 6.84. The molecule has 0 amide bonds. The zero-order valence-electron chi connectivity index (χ0n) is 10.2. The van der Waals surface area contributed by atoms with Crippen molar-refractivity contribution in [1.82, 2.24) is 9.97 Å². The highest BCUT2D eigenvalue weighted by Crippen LogP contribution is 2.20. The fraction of sp³-hybridized carbons (Fsp3) is 0.667. The van der Waals surface area contributed by atoms with Crippen molar-refractivity contribution >= 4 is 11.6 Å². The summed E-state index contributed by atoms with van der Waals surface area (Å²) in [4.78, 5) is 8.21. The molecule has 1 aromatic heterocycles. The van der Waals surface area contributed by atoms with Gasteiger partial charge in [0, 0.05) is 12.1 Å². The molecule has 1 saturated carbocycles. The van der Waals surface area contributed by atoms with Crippen LogP contribution in [0.2, 0.25) is 0 Å². The lowest BCUT2D eigenvalue weighted by atomic mass is 9.97. The Morgan fingerprint density at radius 3 is 2.35 bits per heavy atom. The largest absolute Gasteiger partial charge is 0.367 e. The summed E-state index contributed by atoms with van der Waals surface area (Å²) in [6, 6.07) is 2.38. The quantitative estimate of drug-likeness (QED) is 0.553. The SMILES string of the molecule is NNc1cc(NC2CCCCCCC2)ncn1. The van der Waals surface area contributed by atoms with Crippen LogP contribution in [0.4, 0.5) is 11.6 Å². The summed E-state index contributed by atoms with van der Waals surface area (Å²) in [7, 11) is 0. The lowest BCUT2D eigenvalue weighted by Crippen LogP contribution is -2.21. The Morgan fingerprint density at radius 1 is 1.00 bits per heavy atom. The van der Waals surface area contributed by atoms with Crippen LogP contribution in [0.15, 0.2) is 12.4 Å². The third kappa shape index (κ3) is 3.85. The highest BCUT2D eigenvalue weighted by atomic mass is 15.3. The topological polar surface area (TPSA) is 75.9 Å². The predicted molar refractivity (Wildman–Crippen MR) is 69.6 cm³/mol. The van der Waals surface area contributed by atoms with E-state index < -0.39 is 0 Å². The average molecular weight is 235 g/mol. The van der Waals surface area contributed by atoms with E-state index in [9.17, 15) is 0 Å². The number of anilines is 2. The summed E-state index contributed by atoms with van der Waals surface area (Å²) in [6.07, 6.45) is 10.7. The van der Waals surface area contributed by atoms with Gasteiger partial charge in [-0.25, -0.2) is 15.8 Å². The molecule has 0 spiro atoms. The number of hydrogen-bond acceptors (Lipinski definition) is 5. The molecule has 0 saturated heterocycles. The third-order valence-electron chi connectivity index (χ3n) is 3.27. The highest BCUT2D eigenvalue weighted by Gasteiger charge is 2.11. The molecule has 0 radical (unpaired) electrons. The minimum atomic E-state index is 0.538. The summed E-state index contributed by atoms with van der Waals surface area (Å²) in [5.41, 5.74) is 2.54. The van der Waals surface area contributed by atoms with Gasteiger partial charge in [0.1, 0.15) is 18.0 Å². The molecular weight excluding hydrogens is 214 g/mol. The van der Waals surface area contributed by atoms with Crippen LogP contribution >= 0.6 is 0 Å². The number of nitrogens with two attached hydrogens (primary N) is 1. The average Bonchev–Trinajstić information content (AvgIpc) is 2.33. The molecule has 2 rings (SSSR count). The first-order valence-electron chi connectivity index (χ1n) is 6.43. The van der Waals surface area contributed by atoms with E-state index in [1.54, 1.807) is 0 Å². The molecule has 0 aromatic carbocycles. The van der Waals surface area contributed by atoms with Gasteiger partial charge in [-0.05, 0) is 12.8 Å². The number of rotatable bonds is 3. The van der Waals surface area contributed by atoms with E-state index in [1.165, 1.54) is 51.3 Å². The van der Waals surface area contributed by atoms with Crippen molar-refractivity contribution in [3.63, 3.8) is 0 Å². The van der Waals surface area contributed by atoms with Gasteiger partial charge in [0.15, 0.2) is 0 Å². The molecule has 1 aliphatic carbocycles. The number of nitrogens with zero attached hydrogens (tertiary/aromatic N) is 2. The Kier molecular flexibility index (Phi) is 4.55. The molecule has 0 unspecified atom stereocenters. The van der Waals surface area contributed by atoms with E-state index in [0.29, 0.717) is 11.9 Å². The standard InChI is InChI=1S/C12H21N5/c13-17-12-8-11(14-9-15-12)16-10-6-4-2-1-3-5-7-10/h8-10H,1-7,13H2,(H2,14,15,16,17). The highest BCUT2D eigenvalue weighted by molar-refractivity contribution is 5.46. The predicted octanol–water partition coefficient (Wildman–Crippen LogP) is 2.29. The Morgan fingerprint density at radius 2 is 1.65 bits per heavy atom. The van der Waals surface area contributed by atoms with Crippen LogP contribution in [-0.2, 0) is 0 Å². The number of hydrazine groups is 1. The monoisotopic (exact) mass is 235 g/mol. The minimum Gasteiger partial charge on any atom is -0.367 e. The Labute approximate surface area is 102 Å². The van der Waals surface area contributed by atoms with Crippen molar-refractivity contribution < 1.29 is 0 Å². The second-order valence-corrected chi connectivity index (χ2v) is 4.62. The smallest absolute Gasteiger partial charge is 0.145 e. The molecule has 4 N–H and O–H groups in total. The van der Waals surface area contributed by atoms with Crippen molar-refractivity contribution in [2.45, 2.75) is 51.0 Å². The number of aromatic nitrogens is 2. The van der Waals surface area contributed by atoms with Crippen molar-refractivity contribution in [2.24, 2.45) is 5.84 Å². The molecule has 0 aliphatic heterocycles. The van der Waals surface area contributed by atoms with Gasteiger partial charge in [0.05, 0.1) is 0 Å². The Hall–Kier alpha value is -1.36. The fourth-order valence-corrected chi connectivity index (χ4v) is 2.32. The molecule has 1 fully saturated rings. The van der Waals surface area contributed by atoms with Gasteiger partial charge in [-0.1, -0.05) is 32.1 Å². The molecule has 94 valence electrons. The van der Waals surface area contributed by atoms with Crippen LogP contribution in [0.5, 0.6) is 0 Å². The van der Waals surface area contributed by atoms with E-state index >= 15 is 0 Å². The first-order valence-corrected chi connectivity index (χ1v) is 6.43. The van der Waals surface area contributed by atoms with Crippen LogP contribution in [0.25, 0.3) is 0 Å². The van der Waals surface area contributed by atoms with Crippen LogP contribution in [0.3, 0.4) is 0 Å². The minimum absolute atomic E-state index is 0.538. The van der Waals surface area contributed by atoms with Crippen molar-refractivity contribution in [3.8, 4) is 0 Å². The maximum atomic E-state index is 5.33. The van der Waals surface area contributed by atoms with Gasteiger partial charge in [-0.2, -0.15) is 0 Å². The number of nitrogen functional groups attached to an aromatic ring is 1. The second kappa shape index (κ2) is 6.39. The first-order chi connectivity index (χ1) is 8.38. The lowest BCUT2D eigenvalue weighted by Gasteiger charge is -2.21. The Bertz CT molecular complexity index is 333. The molecule has 5 heteroatoms. The summed E-state index contributed by atoms with van der Waals surface area (Å²) >= 11 is 0.